The molecule has 0 fully saturated rings. The van der Waals surface area contributed by atoms with Crippen molar-refractivity contribution in [3.63, 3.8) is 0 Å². The summed E-state index contributed by atoms with van der Waals surface area (Å²) in [5.41, 5.74) is 3.41. The lowest BCUT2D eigenvalue weighted by atomic mass is 9.94. The molecule has 0 aliphatic heterocycles. The number of aliphatic hydroxyl groups excluding tert-OH is 2. The molecule has 0 radical (unpaired) electrons. The van der Waals surface area contributed by atoms with Gasteiger partial charge < -0.3 is 10.2 Å². The van der Waals surface area contributed by atoms with Gasteiger partial charge in [0.15, 0.2) is 0 Å². The van der Waals surface area contributed by atoms with Crippen molar-refractivity contribution in [2.24, 2.45) is 0 Å². The minimum atomic E-state index is -0.509. The summed E-state index contributed by atoms with van der Waals surface area (Å²) >= 11 is 0. The topological polar surface area (TPSA) is 40.5 Å². The summed E-state index contributed by atoms with van der Waals surface area (Å²) in [5.74, 6) is 0. The Balaban J connectivity index is 2.22. The molecule has 100 valence electrons. The van der Waals surface area contributed by atoms with Gasteiger partial charge in [0.2, 0.25) is 0 Å². The van der Waals surface area contributed by atoms with Crippen LogP contribution in [0.1, 0.15) is 18.9 Å². The molecular weight excluding hydrogens is 236 g/mol. The van der Waals surface area contributed by atoms with E-state index in [4.69, 9.17) is 0 Å². The van der Waals surface area contributed by atoms with Crippen LogP contribution in [-0.2, 0) is 6.42 Å². The average molecular weight is 256 g/mol. The molecule has 2 nitrogen and oxygen atoms in total. The fraction of sp³-hybridized carbons (Fsp3) is 0.294. The zero-order chi connectivity index (χ0) is 13.7. The predicted octanol–water partition coefficient (Wildman–Crippen LogP) is 3.03. The van der Waals surface area contributed by atoms with Crippen molar-refractivity contribution in [2.45, 2.75) is 32.0 Å². The van der Waals surface area contributed by atoms with Crippen molar-refractivity contribution >= 4 is 0 Å². The van der Waals surface area contributed by atoms with Gasteiger partial charge in [0, 0.05) is 0 Å². The van der Waals surface area contributed by atoms with E-state index in [2.05, 4.69) is 18.2 Å². The van der Waals surface area contributed by atoms with E-state index in [-0.39, 0.29) is 0 Å². The Morgan fingerprint density at radius 3 is 2.21 bits per heavy atom. The Bertz CT molecular complexity index is 506. The standard InChI is InChI=1S/C17H20O2/c1-13(18)11-16(19)12-15-9-5-6-10-17(15)14-7-3-2-4-8-14/h2-10,13,16,18-19H,11-12H2,1H3. The van der Waals surface area contributed by atoms with Crippen molar-refractivity contribution in [3.8, 4) is 11.1 Å². The first-order valence-electron chi connectivity index (χ1n) is 6.66. The van der Waals surface area contributed by atoms with Crippen molar-refractivity contribution in [3.05, 3.63) is 60.2 Å². The molecule has 2 rings (SSSR count). The predicted molar refractivity (Wildman–Crippen MR) is 77.9 cm³/mol. The highest BCUT2D eigenvalue weighted by atomic mass is 16.3. The first-order valence-corrected chi connectivity index (χ1v) is 6.66. The van der Waals surface area contributed by atoms with Crippen LogP contribution < -0.4 is 0 Å². The molecule has 0 saturated heterocycles. The Hall–Kier alpha value is -1.64. The molecule has 0 aliphatic carbocycles. The Kier molecular flexibility index (Phi) is 4.72. The van der Waals surface area contributed by atoms with E-state index >= 15 is 0 Å². The second kappa shape index (κ2) is 6.50. The zero-order valence-electron chi connectivity index (χ0n) is 11.2. The van der Waals surface area contributed by atoms with Crippen molar-refractivity contribution in [2.75, 3.05) is 0 Å². The molecule has 2 atom stereocenters. The third kappa shape index (κ3) is 3.91. The molecule has 2 N–H and O–H groups in total. The van der Waals surface area contributed by atoms with Crippen LogP contribution in [0.3, 0.4) is 0 Å². The van der Waals surface area contributed by atoms with Gasteiger partial charge in [-0.2, -0.15) is 0 Å². The van der Waals surface area contributed by atoms with Crippen molar-refractivity contribution < 1.29 is 10.2 Å². The summed E-state index contributed by atoms with van der Waals surface area (Å²) in [6.45, 7) is 1.70. The van der Waals surface area contributed by atoms with Gasteiger partial charge in [-0.25, -0.2) is 0 Å². The number of hydrogen-bond donors (Lipinski definition) is 2. The van der Waals surface area contributed by atoms with Crippen molar-refractivity contribution in [1.82, 2.24) is 0 Å². The minimum absolute atomic E-state index is 0.406. The van der Waals surface area contributed by atoms with Gasteiger partial charge in [0.1, 0.15) is 0 Å². The van der Waals surface area contributed by atoms with Crippen LogP contribution in [0.25, 0.3) is 11.1 Å². The number of aliphatic hydroxyl groups is 2. The molecule has 19 heavy (non-hydrogen) atoms. The number of rotatable bonds is 5. The molecule has 2 unspecified atom stereocenters. The summed E-state index contributed by atoms with van der Waals surface area (Å²) in [7, 11) is 0. The molecule has 2 aromatic rings. The third-order valence-electron chi connectivity index (χ3n) is 3.17. The average Bonchev–Trinajstić information content (AvgIpc) is 2.39. The molecule has 2 heteroatoms. The lowest BCUT2D eigenvalue weighted by Gasteiger charge is -2.15. The molecule has 0 spiro atoms. The minimum Gasteiger partial charge on any atom is -0.393 e. The lowest BCUT2D eigenvalue weighted by molar-refractivity contribution is 0.0909. The maximum atomic E-state index is 9.98. The Morgan fingerprint density at radius 2 is 1.53 bits per heavy atom. The van der Waals surface area contributed by atoms with E-state index in [9.17, 15) is 10.2 Å². The van der Waals surface area contributed by atoms with Gasteiger partial charge in [0.05, 0.1) is 12.2 Å². The van der Waals surface area contributed by atoms with Crippen LogP contribution in [0.15, 0.2) is 54.6 Å². The summed E-state index contributed by atoms with van der Waals surface area (Å²) < 4.78 is 0. The molecule has 0 heterocycles. The van der Waals surface area contributed by atoms with Gasteiger partial charge in [-0.3, -0.25) is 0 Å². The van der Waals surface area contributed by atoms with Crippen molar-refractivity contribution in [1.29, 1.82) is 0 Å². The monoisotopic (exact) mass is 256 g/mol. The molecule has 0 aromatic heterocycles. The lowest BCUT2D eigenvalue weighted by Crippen LogP contribution is -2.17. The van der Waals surface area contributed by atoms with Crippen LogP contribution in [-0.4, -0.2) is 22.4 Å². The first kappa shape index (κ1) is 13.8. The number of benzene rings is 2. The largest absolute Gasteiger partial charge is 0.393 e. The fourth-order valence-electron chi connectivity index (χ4n) is 2.33. The molecule has 0 bridgehead atoms. The van der Waals surface area contributed by atoms with E-state index in [1.807, 2.05) is 36.4 Å². The smallest absolute Gasteiger partial charge is 0.0605 e. The third-order valence-corrected chi connectivity index (χ3v) is 3.17. The Labute approximate surface area is 114 Å². The summed E-state index contributed by atoms with van der Waals surface area (Å²) in [5, 5.41) is 19.3. The van der Waals surface area contributed by atoms with E-state index in [0.29, 0.717) is 12.8 Å². The highest BCUT2D eigenvalue weighted by Crippen LogP contribution is 2.24. The van der Waals surface area contributed by atoms with Gasteiger partial charge in [-0.05, 0) is 36.5 Å². The zero-order valence-corrected chi connectivity index (χ0v) is 11.2. The van der Waals surface area contributed by atoms with E-state index < -0.39 is 12.2 Å². The SMILES string of the molecule is CC(O)CC(O)Cc1ccccc1-c1ccccc1. The molecule has 0 amide bonds. The summed E-state index contributed by atoms with van der Waals surface area (Å²) in [6, 6.07) is 18.3. The summed E-state index contributed by atoms with van der Waals surface area (Å²) in [4.78, 5) is 0. The normalized spacial score (nSPS) is 14.1. The highest BCUT2D eigenvalue weighted by molar-refractivity contribution is 5.67. The van der Waals surface area contributed by atoms with E-state index in [0.717, 1.165) is 16.7 Å². The van der Waals surface area contributed by atoms with Gasteiger partial charge >= 0.3 is 0 Å². The first-order chi connectivity index (χ1) is 9.16. The van der Waals surface area contributed by atoms with Gasteiger partial charge in [-0.15, -0.1) is 0 Å². The number of hydrogen-bond acceptors (Lipinski definition) is 2. The van der Waals surface area contributed by atoms with Crippen LogP contribution >= 0.6 is 0 Å². The highest BCUT2D eigenvalue weighted by Gasteiger charge is 2.12. The van der Waals surface area contributed by atoms with Gasteiger partial charge in [0.25, 0.3) is 0 Å². The molecule has 0 aliphatic rings. The van der Waals surface area contributed by atoms with Crippen LogP contribution in [0, 0.1) is 0 Å². The Morgan fingerprint density at radius 1 is 0.895 bits per heavy atom. The van der Waals surface area contributed by atoms with E-state index in [1.165, 1.54) is 0 Å². The fourth-order valence-corrected chi connectivity index (χ4v) is 2.33. The van der Waals surface area contributed by atoms with Crippen LogP contribution in [0.2, 0.25) is 0 Å². The maximum Gasteiger partial charge on any atom is 0.0605 e. The quantitative estimate of drug-likeness (QED) is 0.863. The second-order valence-corrected chi connectivity index (χ2v) is 4.97. The van der Waals surface area contributed by atoms with Gasteiger partial charge in [-0.1, -0.05) is 54.6 Å². The van der Waals surface area contributed by atoms with E-state index in [1.54, 1.807) is 6.92 Å². The molecular formula is C17H20O2. The van der Waals surface area contributed by atoms with Crippen LogP contribution in [0.5, 0.6) is 0 Å². The maximum absolute atomic E-state index is 9.98. The van der Waals surface area contributed by atoms with Crippen LogP contribution in [0.4, 0.5) is 0 Å². The summed E-state index contributed by atoms with van der Waals surface area (Å²) in [6.07, 6.45) is -0.0113. The molecule has 2 aromatic carbocycles. The second-order valence-electron chi connectivity index (χ2n) is 4.97. The molecule has 0 saturated carbocycles.